The van der Waals surface area contributed by atoms with Crippen LogP contribution in [0.2, 0.25) is 0 Å². The van der Waals surface area contributed by atoms with E-state index >= 15 is 28.8 Å². The van der Waals surface area contributed by atoms with Gasteiger partial charge >= 0.3 is 6.09 Å². The van der Waals surface area contributed by atoms with E-state index in [-0.39, 0.29) is 64.1 Å². The maximum Gasteiger partial charge on any atom is 0.407 e. The van der Waals surface area contributed by atoms with Gasteiger partial charge in [0.1, 0.15) is 54.7 Å². The largest absolute Gasteiger partial charge is 0.489 e. The van der Waals surface area contributed by atoms with E-state index in [1.807, 2.05) is 84.9 Å². The van der Waals surface area contributed by atoms with Crippen molar-refractivity contribution in [1.29, 1.82) is 0 Å². The molecule has 3 fully saturated rings. The number of hydrogen-bond donors (Lipinski definition) is 9. The second-order valence-corrected chi connectivity index (χ2v) is 21.0. The number of carbonyl (C=O) groups is 7. The molecule has 81 heavy (non-hydrogen) atoms. The number of nitrogens with one attached hydrogen (secondary N) is 8. The van der Waals surface area contributed by atoms with E-state index in [1.54, 1.807) is 55.0 Å². The molecule has 424 valence electrons. The number of pyridine rings is 1. The van der Waals surface area contributed by atoms with Gasteiger partial charge in [-0.3, -0.25) is 33.8 Å². The number of benzene rings is 4. The van der Waals surface area contributed by atoms with Gasteiger partial charge in [0, 0.05) is 68.3 Å². The second-order valence-electron chi connectivity index (χ2n) is 21.0. The Kier molecular flexibility index (Phi) is 19.7. The number of aryl methyl sites for hydroxylation is 1. The highest BCUT2D eigenvalue weighted by molar-refractivity contribution is 5.99. The predicted octanol–water partition coefficient (Wildman–Crippen LogP) is 3.28. The molecule has 7 amide bonds. The highest BCUT2D eigenvalue weighted by atomic mass is 16.6. The summed E-state index contributed by atoms with van der Waals surface area (Å²) >= 11 is 0. The van der Waals surface area contributed by atoms with Crippen LogP contribution in [-0.4, -0.2) is 131 Å². The average molecular weight is 1100 g/mol. The SMILES string of the molecule is NCCNC(=O)O[C@@H]1C[C@H]2C(=O)N[C@@H](CCc3ccccc3)C(=O)N[C@H](Cc3c[nH]c4ccccc34)C(=O)NC(CC3CCNCC3)C(=O)N[C@@H](Cc3ccc(OCc4ccccc4)cc3)C(=O)NC(Cc3cccnc3)C(=O)N2C1. The van der Waals surface area contributed by atoms with Crippen LogP contribution in [0.5, 0.6) is 5.75 Å². The number of fused-ring (bicyclic) bond motifs is 2. The molecule has 9 rings (SSSR count). The number of rotatable bonds is 17. The molecule has 0 aliphatic carbocycles. The molecule has 6 aromatic rings. The Bertz CT molecular complexity index is 3090. The van der Waals surface area contributed by atoms with Gasteiger partial charge in [-0.1, -0.05) is 97.1 Å². The summed E-state index contributed by atoms with van der Waals surface area (Å²) < 4.78 is 11.8. The Morgan fingerprint density at radius 2 is 1.26 bits per heavy atom. The summed E-state index contributed by atoms with van der Waals surface area (Å²) in [6.07, 6.45) is 4.86. The fourth-order valence-electron chi connectivity index (χ4n) is 10.8. The van der Waals surface area contributed by atoms with Crippen molar-refractivity contribution in [2.75, 3.05) is 32.7 Å². The number of aromatic nitrogens is 2. The molecule has 0 saturated carbocycles. The molecule has 0 bridgehead atoms. The van der Waals surface area contributed by atoms with E-state index in [2.05, 4.69) is 47.2 Å². The molecule has 7 atom stereocenters. The van der Waals surface area contributed by atoms with Crippen LogP contribution in [-0.2, 0) is 65.8 Å². The normalized spacial score (nSPS) is 22.5. The molecule has 20 nitrogen and oxygen atoms in total. The minimum Gasteiger partial charge on any atom is -0.489 e. The molecule has 10 N–H and O–H groups in total. The topological polar surface area (TPSA) is 280 Å². The quantitative estimate of drug-likeness (QED) is 0.0637. The van der Waals surface area contributed by atoms with Crippen molar-refractivity contribution in [2.24, 2.45) is 11.7 Å². The van der Waals surface area contributed by atoms with Crippen LogP contribution in [0.25, 0.3) is 10.9 Å². The number of aromatic amines is 1. The zero-order valence-corrected chi connectivity index (χ0v) is 45.2. The summed E-state index contributed by atoms with van der Waals surface area (Å²) in [6.45, 7) is 1.73. The molecule has 4 aromatic carbocycles. The van der Waals surface area contributed by atoms with Crippen LogP contribution >= 0.6 is 0 Å². The highest BCUT2D eigenvalue weighted by Gasteiger charge is 2.45. The number of amides is 7. The minimum atomic E-state index is -1.36. The second kappa shape index (κ2) is 28.0. The molecule has 0 spiro atoms. The van der Waals surface area contributed by atoms with Gasteiger partial charge in [-0.2, -0.15) is 0 Å². The Morgan fingerprint density at radius 1 is 0.642 bits per heavy atom. The predicted molar refractivity (Wildman–Crippen MR) is 303 cm³/mol. The van der Waals surface area contributed by atoms with E-state index in [0.29, 0.717) is 48.6 Å². The Labute approximate surface area is 470 Å². The molecule has 2 unspecified atom stereocenters. The zero-order valence-electron chi connectivity index (χ0n) is 45.2. The summed E-state index contributed by atoms with van der Waals surface area (Å²) in [4.78, 5) is 113. The number of nitrogens with two attached hydrogens (primary N) is 1. The highest BCUT2D eigenvalue weighted by Crippen LogP contribution is 2.26. The number of ether oxygens (including phenoxy) is 2. The van der Waals surface area contributed by atoms with E-state index in [4.69, 9.17) is 15.2 Å². The van der Waals surface area contributed by atoms with Crippen LogP contribution in [0.15, 0.2) is 140 Å². The van der Waals surface area contributed by atoms with Crippen molar-refractivity contribution in [3.63, 3.8) is 0 Å². The third-order valence-corrected chi connectivity index (χ3v) is 15.1. The van der Waals surface area contributed by atoms with Gasteiger partial charge in [-0.25, -0.2) is 4.79 Å². The molecule has 3 saturated heterocycles. The fraction of sp³-hybridized carbons (Fsp3) is 0.377. The maximum absolute atomic E-state index is 15.4. The molecule has 2 aromatic heterocycles. The molecule has 5 heterocycles. The third kappa shape index (κ3) is 15.8. The standard InChI is InChI=1S/C61H71N11O9/c62-25-29-65-61(79)81-46-34-54-59(77)67-49(22-19-39-10-3-1-4-11-39)55(73)70-52(33-44-36-66-48-16-8-7-15-47(44)48)58(76)69-51(31-41-23-27-63-28-24-41)56(74)68-50(30-40-17-20-45(21-18-40)80-38-42-12-5-2-6-13-42)57(75)71-53(60(78)72(54)37-46)32-43-14-9-26-64-35-43/h1-18,20-21,26,35-36,41,46,49-54,63,66H,19,22-25,27-34,37-38,62H2,(H,65,79)(H,67,77)(H,68,74)(H,69,76)(H,70,73)(H,71,75)/t46-,49+,50+,51?,52-,53?,54+/m1/s1. The molecule has 3 aliphatic rings. The van der Waals surface area contributed by atoms with Gasteiger partial charge in [-0.05, 0) is 103 Å². The lowest BCUT2D eigenvalue weighted by Gasteiger charge is -2.32. The van der Waals surface area contributed by atoms with Crippen molar-refractivity contribution in [2.45, 2.75) is 107 Å². The lowest BCUT2D eigenvalue weighted by molar-refractivity contribution is -0.143. The zero-order chi connectivity index (χ0) is 56.5. The van der Waals surface area contributed by atoms with E-state index in [0.717, 1.165) is 34.9 Å². The van der Waals surface area contributed by atoms with Crippen LogP contribution in [0, 0.1) is 5.92 Å². The molecule has 3 aliphatic heterocycles. The summed E-state index contributed by atoms with van der Waals surface area (Å²) in [6, 6.07) is 29.5. The Balaban J connectivity index is 1.10. The van der Waals surface area contributed by atoms with Crippen LogP contribution < -0.4 is 47.7 Å². The Hall–Kier alpha value is -8.62. The number of piperidine rings is 1. The number of nitrogens with zero attached hydrogens (tertiary/aromatic N) is 2. The minimum absolute atomic E-state index is 0.00420. The average Bonchev–Trinajstić information content (AvgIpc) is 4.11. The fourth-order valence-corrected chi connectivity index (χ4v) is 10.8. The molecule has 0 radical (unpaired) electrons. The summed E-state index contributed by atoms with van der Waals surface area (Å²) in [5.41, 5.74) is 10.3. The van der Waals surface area contributed by atoms with Gasteiger partial charge in [-0.15, -0.1) is 0 Å². The van der Waals surface area contributed by atoms with Crippen molar-refractivity contribution in [1.82, 2.24) is 52.1 Å². The number of hydrogen-bond acceptors (Lipinski definition) is 12. The number of alkyl carbamates (subject to hydrolysis) is 1. The van der Waals surface area contributed by atoms with Crippen LogP contribution in [0.1, 0.15) is 59.9 Å². The first-order valence-electron chi connectivity index (χ1n) is 27.9. The van der Waals surface area contributed by atoms with E-state index in [9.17, 15) is 4.79 Å². The molecule has 20 heteroatoms. The number of carbonyl (C=O) groups excluding carboxylic acids is 7. The van der Waals surface area contributed by atoms with Gasteiger partial charge in [0.2, 0.25) is 35.4 Å². The molecular formula is C61H71N11O9. The van der Waals surface area contributed by atoms with Crippen molar-refractivity contribution < 1.29 is 43.0 Å². The lowest BCUT2D eigenvalue weighted by Crippen LogP contribution is -2.62. The third-order valence-electron chi connectivity index (χ3n) is 15.1. The van der Waals surface area contributed by atoms with E-state index in [1.165, 1.54) is 4.90 Å². The maximum atomic E-state index is 15.4. The van der Waals surface area contributed by atoms with Gasteiger partial charge < -0.3 is 62.3 Å². The lowest BCUT2D eigenvalue weighted by atomic mass is 9.90. The number of para-hydroxylation sites is 1. The summed E-state index contributed by atoms with van der Waals surface area (Å²) in [7, 11) is 0. The first-order chi connectivity index (χ1) is 39.5. The first-order valence-corrected chi connectivity index (χ1v) is 27.9. The van der Waals surface area contributed by atoms with Gasteiger partial charge in [0.25, 0.3) is 0 Å². The van der Waals surface area contributed by atoms with Crippen molar-refractivity contribution >= 4 is 52.4 Å². The van der Waals surface area contributed by atoms with Crippen LogP contribution in [0.4, 0.5) is 4.79 Å². The van der Waals surface area contributed by atoms with Crippen molar-refractivity contribution in [3.05, 3.63) is 168 Å². The van der Waals surface area contributed by atoms with Crippen LogP contribution in [0.3, 0.4) is 0 Å². The van der Waals surface area contributed by atoms with Gasteiger partial charge in [0.15, 0.2) is 0 Å². The van der Waals surface area contributed by atoms with Crippen molar-refractivity contribution in [3.8, 4) is 5.75 Å². The summed E-state index contributed by atoms with van der Waals surface area (Å²) in [5.74, 6) is -3.52. The smallest absolute Gasteiger partial charge is 0.407 e. The summed E-state index contributed by atoms with van der Waals surface area (Å²) in [5, 5.41) is 21.6. The van der Waals surface area contributed by atoms with Gasteiger partial charge in [0.05, 0.1) is 6.54 Å². The first kappa shape index (κ1) is 57.1. The Morgan fingerprint density at radius 3 is 1.98 bits per heavy atom. The van der Waals surface area contributed by atoms with E-state index < -0.39 is 83.9 Å². The molecular weight excluding hydrogens is 1030 g/mol. The number of H-pyrrole nitrogens is 1. The monoisotopic (exact) mass is 1100 g/mol.